The highest BCUT2D eigenvalue weighted by Crippen LogP contribution is 2.58. The molecule has 0 aliphatic carbocycles. The molecular weight excluding hydrogens is 582 g/mol. The number of nitrogens with zero attached hydrogens (tertiary/aromatic N) is 4. The van der Waals surface area contributed by atoms with Gasteiger partial charge in [-0.15, -0.1) is 0 Å². The number of amides is 1. The van der Waals surface area contributed by atoms with Gasteiger partial charge < -0.3 is 30.0 Å². The Morgan fingerprint density at radius 3 is 2.39 bits per heavy atom. The van der Waals surface area contributed by atoms with Crippen LogP contribution in [0.15, 0.2) is 95.0 Å². The maximum Gasteiger partial charge on any atom is 0.275 e. The quantitative estimate of drug-likeness (QED) is 0.118. The van der Waals surface area contributed by atoms with Gasteiger partial charge >= 0.3 is 0 Å². The van der Waals surface area contributed by atoms with E-state index < -0.39 is 5.54 Å². The van der Waals surface area contributed by atoms with Crippen molar-refractivity contribution < 1.29 is 24.1 Å². The predicted molar refractivity (Wildman–Crippen MR) is 180 cm³/mol. The van der Waals surface area contributed by atoms with Gasteiger partial charge in [-0.25, -0.2) is 5.01 Å². The van der Waals surface area contributed by atoms with Crippen molar-refractivity contribution in [3.8, 4) is 17.2 Å². The van der Waals surface area contributed by atoms with Crippen LogP contribution in [-0.4, -0.2) is 68.0 Å². The fraction of sp³-hybridized carbons (Fsp3) is 0.250. The normalized spacial score (nSPS) is 16.5. The van der Waals surface area contributed by atoms with E-state index in [1.807, 2.05) is 72.8 Å². The summed E-state index contributed by atoms with van der Waals surface area (Å²) in [4.78, 5) is 20.9. The predicted octanol–water partition coefficient (Wildman–Crippen LogP) is 5.74. The zero-order chi connectivity index (χ0) is 32.1. The number of aliphatic imine (C=N–C) groups is 1. The molecule has 2 aliphatic heterocycles. The number of hydrogen-bond donors (Lipinski definition) is 2. The Morgan fingerprint density at radius 1 is 0.891 bits per heavy atom. The Bertz CT molecular complexity index is 1770. The summed E-state index contributed by atoms with van der Waals surface area (Å²) >= 11 is 0. The van der Waals surface area contributed by atoms with Crippen LogP contribution < -0.4 is 20.1 Å². The fourth-order valence-electron chi connectivity index (χ4n) is 6.12. The van der Waals surface area contributed by atoms with Gasteiger partial charge in [0.15, 0.2) is 0 Å². The number of aliphatic hydroxyl groups excluding tert-OH is 1. The number of hydrogen-bond acceptors (Lipinski definition) is 9. The highest BCUT2D eigenvalue weighted by molar-refractivity contribution is 6.17. The molecule has 2 heterocycles. The van der Waals surface area contributed by atoms with Crippen molar-refractivity contribution in [1.82, 2.24) is 5.01 Å². The molecule has 4 aromatic carbocycles. The second kappa shape index (κ2) is 13.4. The molecule has 4 aromatic rings. The van der Waals surface area contributed by atoms with Crippen LogP contribution in [-0.2, 0) is 10.3 Å². The van der Waals surface area contributed by atoms with Crippen molar-refractivity contribution in [2.24, 2.45) is 10.1 Å². The van der Waals surface area contributed by atoms with Crippen LogP contribution in [0.25, 0.3) is 0 Å². The van der Waals surface area contributed by atoms with Crippen LogP contribution in [0.3, 0.4) is 0 Å². The average Bonchev–Trinajstić information content (AvgIpc) is 3.31. The number of fused-ring (bicyclic) bond motifs is 6. The number of hydrazone groups is 1. The highest BCUT2D eigenvalue weighted by Gasteiger charge is 2.57. The Morgan fingerprint density at radius 2 is 1.63 bits per heavy atom. The van der Waals surface area contributed by atoms with E-state index >= 15 is 0 Å². The molecule has 0 saturated heterocycles. The Balaban J connectivity index is 1.36. The molecule has 10 heteroatoms. The van der Waals surface area contributed by atoms with Crippen molar-refractivity contribution in [3.05, 3.63) is 107 Å². The number of nitrogens with two attached hydrogens (primary N) is 1. The summed E-state index contributed by atoms with van der Waals surface area (Å²) in [7, 11) is 0. The van der Waals surface area contributed by atoms with Gasteiger partial charge in [-0.2, -0.15) is 5.10 Å². The van der Waals surface area contributed by atoms with E-state index in [0.717, 1.165) is 35.5 Å². The van der Waals surface area contributed by atoms with Crippen LogP contribution in [0.4, 0.5) is 17.1 Å². The first-order valence-electron chi connectivity index (χ1n) is 15.4. The highest BCUT2D eigenvalue weighted by atomic mass is 16.5. The third-order valence-electron chi connectivity index (χ3n) is 8.20. The Hall–Kier alpha value is -5.19. The fourth-order valence-corrected chi connectivity index (χ4v) is 6.12. The van der Waals surface area contributed by atoms with Gasteiger partial charge in [-0.05, 0) is 56.3 Å². The number of carbonyl (C=O) groups excluding carboxylic acids is 1. The van der Waals surface area contributed by atoms with Gasteiger partial charge in [0.1, 0.15) is 29.4 Å². The van der Waals surface area contributed by atoms with Gasteiger partial charge in [0.05, 0.1) is 31.7 Å². The topological polar surface area (TPSA) is 122 Å². The largest absolute Gasteiger partial charge is 0.491 e. The summed E-state index contributed by atoms with van der Waals surface area (Å²) in [5.74, 6) is 1.67. The molecule has 0 saturated carbocycles. The SMILES string of the molecule is CCN(CC)c1ccc2c(c1)Oc1cc(N)ccc1C21c2ccccc2C(=O)N1/N=C/C=N/c1ccc(OCCOCCO)cc1. The smallest absolute Gasteiger partial charge is 0.275 e. The van der Waals surface area contributed by atoms with Gasteiger partial charge in [-0.1, -0.05) is 30.3 Å². The van der Waals surface area contributed by atoms with Crippen LogP contribution >= 0.6 is 0 Å². The lowest BCUT2D eigenvalue weighted by Crippen LogP contribution is -2.44. The summed E-state index contributed by atoms with van der Waals surface area (Å²) in [6, 6.07) is 26.6. The van der Waals surface area contributed by atoms with Crippen LogP contribution in [0.2, 0.25) is 0 Å². The van der Waals surface area contributed by atoms with Gasteiger partial charge in [-0.3, -0.25) is 9.79 Å². The average molecular weight is 620 g/mol. The van der Waals surface area contributed by atoms with Crippen molar-refractivity contribution >= 4 is 35.4 Å². The van der Waals surface area contributed by atoms with Gasteiger partial charge in [0.25, 0.3) is 5.91 Å². The second-order valence-electron chi connectivity index (χ2n) is 10.8. The number of rotatable bonds is 12. The molecule has 46 heavy (non-hydrogen) atoms. The van der Waals surface area contributed by atoms with Crippen LogP contribution in [0.1, 0.15) is 40.9 Å². The zero-order valence-corrected chi connectivity index (χ0v) is 25.9. The molecule has 0 radical (unpaired) electrons. The summed E-state index contributed by atoms with van der Waals surface area (Å²) in [5.41, 5.74) is 10.4. The van der Waals surface area contributed by atoms with E-state index in [9.17, 15) is 4.79 Å². The van der Waals surface area contributed by atoms with E-state index in [1.54, 1.807) is 12.3 Å². The molecule has 2 aliphatic rings. The lowest BCUT2D eigenvalue weighted by atomic mass is 9.75. The molecule has 0 fully saturated rings. The van der Waals surface area contributed by atoms with E-state index in [1.165, 1.54) is 11.2 Å². The molecule has 3 N–H and O–H groups in total. The molecule has 1 atom stereocenters. The van der Waals surface area contributed by atoms with Crippen LogP contribution in [0.5, 0.6) is 17.2 Å². The summed E-state index contributed by atoms with van der Waals surface area (Å²) < 4.78 is 17.4. The molecule has 10 nitrogen and oxygen atoms in total. The molecule has 6 rings (SSSR count). The maximum atomic E-state index is 14.1. The molecule has 1 amide bonds. The summed E-state index contributed by atoms with van der Waals surface area (Å²) in [6.07, 6.45) is 3.10. The first kappa shape index (κ1) is 30.8. The molecule has 1 spiro atoms. The van der Waals surface area contributed by atoms with Crippen molar-refractivity contribution in [2.75, 3.05) is 50.2 Å². The van der Waals surface area contributed by atoms with E-state index in [-0.39, 0.29) is 19.1 Å². The Kier molecular flexibility index (Phi) is 9.00. The molecule has 0 aromatic heterocycles. The minimum Gasteiger partial charge on any atom is -0.491 e. The minimum absolute atomic E-state index is 0.0161. The molecule has 1 unspecified atom stereocenters. The van der Waals surface area contributed by atoms with Crippen LogP contribution in [0, 0.1) is 0 Å². The number of nitrogen functional groups attached to an aromatic ring is 1. The summed E-state index contributed by atoms with van der Waals surface area (Å²) in [5, 5.41) is 15.1. The lowest BCUT2D eigenvalue weighted by molar-refractivity contribution is 0.0675. The minimum atomic E-state index is -1.09. The lowest BCUT2D eigenvalue weighted by Gasteiger charge is -2.42. The molecular formula is C36H37N5O5. The van der Waals surface area contributed by atoms with E-state index in [4.69, 9.17) is 30.2 Å². The first-order valence-corrected chi connectivity index (χ1v) is 15.4. The van der Waals surface area contributed by atoms with E-state index in [0.29, 0.717) is 47.4 Å². The zero-order valence-electron chi connectivity index (χ0n) is 25.9. The number of ether oxygens (including phenoxy) is 3. The summed E-state index contributed by atoms with van der Waals surface area (Å²) in [6.45, 7) is 6.96. The van der Waals surface area contributed by atoms with Crippen molar-refractivity contribution in [3.63, 3.8) is 0 Å². The van der Waals surface area contributed by atoms with E-state index in [2.05, 4.69) is 29.8 Å². The Labute approximate surface area is 268 Å². The molecule has 236 valence electrons. The van der Waals surface area contributed by atoms with Crippen molar-refractivity contribution in [1.29, 1.82) is 0 Å². The standard InChI is InChI=1S/C36H37N5O5/c1-3-40(4-2)27-12-16-32-34(24-27)46-33-23-25(37)9-15-31(33)36(32)30-8-6-5-7-29(30)35(43)41(36)39-18-17-38-26-10-13-28(14-11-26)45-22-21-44-20-19-42/h5-18,23-24,42H,3-4,19-22,37H2,1-2H3/b38-17+,39-18+. The van der Waals surface area contributed by atoms with Crippen molar-refractivity contribution in [2.45, 2.75) is 19.4 Å². The molecule has 0 bridgehead atoms. The van der Waals surface area contributed by atoms with Gasteiger partial charge in [0, 0.05) is 65.1 Å². The third kappa shape index (κ3) is 5.57. The second-order valence-corrected chi connectivity index (χ2v) is 10.8. The number of aliphatic hydroxyl groups is 1. The first-order chi connectivity index (χ1) is 22.5. The monoisotopic (exact) mass is 619 g/mol. The number of anilines is 2. The number of carbonyl (C=O) groups is 1. The van der Waals surface area contributed by atoms with Gasteiger partial charge in [0.2, 0.25) is 0 Å². The maximum absolute atomic E-state index is 14.1. The third-order valence-corrected chi connectivity index (χ3v) is 8.20. The number of benzene rings is 4.